The van der Waals surface area contributed by atoms with Crippen molar-refractivity contribution in [3.8, 4) is 10.7 Å². The smallest absolute Gasteiger partial charge is 0.241 e. The fraction of sp³-hybridized carbons (Fsp3) is 0.381. The maximum atomic E-state index is 12.6. The highest BCUT2D eigenvalue weighted by Crippen LogP contribution is 2.24. The number of hydrogen-bond donors (Lipinski definition) is 1. The summed E-state index contributed by atoms with van der Waals surface area (Å²) in [5.74, 6) is 1.43. The number of rotatable bonds is 5. The Hall–Kier alpha value is -2.51. The summed E-state index contributed by atoms with van der Waals surface area (Å²) >= 11 is 1.60. The van der Waals surface area contributed by atoms with E-state index in [1.807, 2.05) is 43.5 Å². The van der Waals surface area contributed by atoms with Crippen LogP contribution in [0.25, 0.3) is 10.7 Å². The van der Waals surface area contributed by atoms with Crippen LogP contribution in [0, 0.1) is 19.8 Å². The van der Waals surface area contributed by atoms with Crippen LogP contribution in [0.2, 0.25) is 0 Å². The highest BCUT2D eigenvalue weighted by atomic mass is 32.1. The van der Waals surface area contributed by atoms with E-state index in [-0.39, 0.29) is 11.8 Å². The second kappa shape index (κ2) is 8.24. The van der Waals surface area contributed by atoms with Crippen LogP contribution in [0.1, 0.15) is 29.9 Å². The lowest BCUT2D eigenvalue weighted by Gasteiger charge is -2.30. The standard InChI is InChI=1S/C21H24N4O2S/c1-14-10-15(2)12-17(11-14)22-21(26)16-5-7-25(8-6-16)13-19-23-20(24-27-19)18-4-3-9-28-18/h3-4,9-12,16H,5-8,13H2,1-2H3,(H,22,26). The highest BCUT2D eigenvalue weighted by molar-refractivity contribution is 7.13. The van der Waals surface area contributed by atoms with Crippen LogP contribution >= 0.6 is 11.3 Å². The van der Waals surface area contributed by atoms with Crippen LogP contribution in [0.5, 0.6) is 0 Å². The van der Waals surface area contributed by atoms with Gasteiger partial charge in [-0.1, -0.05) is 17.3 Å². The molecule has 4 rings (SSSR count). The third kappa shape index (κ3) is 4.48. The highest BCUT2D eigenvalue weighted by Gasteiger charge is 2.26. The van der Waals surface area contributed by atoms with E-state index in [2.05, 4.69) is 26.4 Å². The zero-order valence-corrected chi connectivity index (χ0v) is 17.0. The first-order valence-electron chi connectivity index (χ1n) is 9.55. The third-order valence-electron chi connectivity index (χ3n) is 5.02. The number of carbonyl (C=O) groups is 1. The van der Waals surface area contributed by atoms with E-state index in [0.29, 0.717) is 18.3 Å². The minimum atomic E-state index is 0.0430. The predicted octanol–water partition coefficient (Wildman–Crippen LogP) is 4.27. The first-order valence-corrected chi connectivity index (χ1v) is 10.4. The van der Waals surface area contributed by atoms with E-state index < -0.39 is 0 Å². The van der Waals surface area contributed by atoms with Crippen molar-refractivity contribution in [2.45, 2.75) is 33.2 Å². The molecule has 1 saturated heterocycles. The number of anilines is 1. The van der Waals surface area contributed by atoms with E-state index in [1.165, 1.54) is 0 Å². The molecule has 1 fully saturated rings. The topological polar surface area (TPSA) is 71.3 Å². The Morgan fingerprint density at radius 3 is 2.68 bits per heavy atom. The number of piperidine rings is 1. The van der Waals surface area contributed by atoms with Crippen LogP contribution in [0.4, 0.5) is 5.69 Å². The number of aromatic nitrogens is 2. The van der Waals surface area contributed by atoms with Gasteiger partial charge < -0.3 is 9.84 Å². The maximum Gasteiger partial charge on any atom is 0.241 e. The molecule has 0 unspecified atom stereocenters. The molecular weight excluding hydrogens is 372 g/mol. The molecule has 0 radical (unpaired) electrons. The molecular formula is C21H24N4O2S. The summed E-state index contributed by atoms with van der Waals surface area (Å²) in [6.45, 7) is 6.41. The molecule has 7 heteroatoms. The van der Waals surface area contributed by atoms with Crippen LogP contribution in [-0.2, 0) is 11.3 Å². The van der Waals surface area contributed by atoms with E-state index in [1.54, 1.807) is 11.3 Å². The average molecular weight is 397 g/mol. The number of nitrogens with one attached hydrogen (secondary N) is 1. The number of thiophene rings is 1. The predicted molar refractivity (Wildman–Crippen MR) is 110 cm³/mol. The summed E-state index contributed by atoms with van der Waals surface area (Å²) in [6.07, 6.45) is 1.67. The zero-order chi connectivity index (χ0) is 19.5. The van der Waals surface area contributed by atoms with Crippen molar-refractivity contribution >= 4 is 22.9 Å². The van der Waals surface area contributed by atoms with Crippen LogP contribution < -0.4 is 5.32 Å². The lowest BCUT2D eigenvalue weighted by molar-refractivity contribution is -0.121. The lowest BCUT2D eigenvalue weighted by Crippen LogP contribution is -2.37. The molecule has 0 saturated carbocycles. The Morgan fingerprint density at radius 1 is 1.25 bits per heavy atom. The van der Waals surface area contributed by atoms with Gasteiger partial charge in [-0.05, 0) is 74.5 Å². The number of aryl methyl sites for hydroxylation is 2. The SMILES string of the molecule is Cc1cc(C)cc(NC(=O)C2CCN(Cc3nc(-c4cccs4)no3)CC2)c1. The van der Waals surface area contributed by atoms with Crippen molar-refractivity contribution < 1.29 is 9.32 Å². The zero-order valence-electron chi connectivity index (χ0n) is 16.1. The molecule has 1 amide bonds. The maximum absolute atomic E-state index is 12.6. The largest absolute Gasteiger partial charge is 0.338 e. The molecule has 1 aliphatic rings. The monoisotopic (exact) mass is 396 g/mol. The molecule has 1 aromatic carbocycles. The van der Waals surface area contributed by atoms with Gasteiger partial charge in [0, 0.05) is 11.6 Å². The van der Waals surface area contributed by atoms with E-state index >= 15 is 0 Å². The van der Waals surface area contributed by atoms with Crippen molar-refractivity contribution in [2.24, 2.45) is 5.92 Å². The number of nitrogens with zero attached hydrogens (tertiary/aromatic N) is 3. The summed E-state index contributed by atoms with van der Waals surface area (Å²) in [7, 11) is 0. The van der Waals surface area contributed by atoms with Crippen molar-refractivity contribution in [1.82, 2.24) is 15.0 Å². The van der Waals surface area contributed by atoms with Gasteiger partial charge in [-0.2, -0.15) is 4.98 Å². The fourth-order valence-electron chi connectivity index (χ4n) is 3.66. The molecule has 2 aromatic heterocycles. The number of hydrogen-bond acceptors (Lipinski definition) is 6. The molecule has 0 spiro atoms. The summed E-state index contributed by atoms with van der Waals surface area (Å²) in [4.78, 5) is 20.4. The van der Waals surface area contributed by atoms with Crippen molar-refractivity contribution in [3.63, 3.8) is 0 Å². The number of benzene rings is 1. The van der Waals surface area contributed by atoms with E-state index in [0.717, 1.165) is 47.6 Å². The molecule has 1 N–H and O–H groups in total. The van der Waals surface area contributed by atoms with E-state index in [4.69, 9.17) is 4.52 Å². The molecule has 0 atom stereocenters. The van der Waals surface area contributed by atoms with Gasteiger partial charge in [0.2, 0.25) is 17.6 Å². The molecule has 0 aliphatic carbocycles. The summed E-state index contributed by atoms with van der Waals surface area (Å²) in [5, 5.41) is 9.14. The second-order valence-corrected chi connectivity index (χ2v) is 8.35. The van der Waals surface area contributed by atoms with Gasteiger partial charge in [0.15, 0.2) is 0 Å². The molecule has 3 heterocycles. The molecule has 3 aromatic rings. The quantitative estimate of drug-likeness (QED) is 0.697. The Labute approximate surface area is 168 Å². The third-order valence-corrected chi connectivity index (χ3v) is 5.88. The summed E-state index contributed by atoms with van der Waals surface area (Å²) in [6, 6.07) is 10.1. The van der Waals surface area contributed by atoms with Gasteiger partial charge in [-0.15, -0.1) is 11.3 Å². The van der Waals surface area contributed by atoms with Crippen molar-refractivity contribution in [1.29, 1.82) is 0 Å². The Kier molecular flexibility index (Phi) is 5.54. The second-order valence-electron chi connectivity index (χ2n) is 7.41. The van der Waals surface area contributed by atoms with Gasteiger partial charge in [0.05, 0.1) is 11.4 Å². The summed E-state index contributed by atoms with van der Waals surface area (Å²) < 4.78 is 5.39. The Bertz CT molecular complexity index is 923. The van der Waals surface area contributed by atoms with Gasteiger partial charge >= 0.3 is 0 Å². The molecule has 1 aliphatic heterocycles. The minimum absolute atomic E-state index is 0.0430. The van der Waals surface area contributed by atoms with Gasteiger partial charge in [-0.25, -0.2) is 0 Å². The Balaban J connectivity index is 1.29. The lowest BCUT2D eigenvalue weighted by atomic mass is 9.95. The van der Waals surface area contributed by atoms with Gasteiger partial charge in [0.25, 0.3) is 0 Å². The van der Waals surface area contributed by atoms with Crippen LogP contribution in [-0.4, -0.2) is 34.0 Å². The molecule has 6 nitrogen and oxygen atoms in total. The number of carbonyl (C=O) groups excluding carboxylic acids is 1. The fourth-order valence-corrected chi connectivity index (χ4v) is 4.31. The Morgan fingerprint density at radius 2 is 2.00 bits per heavy atom. The average Bonchev–Trinajstić information content (AvgIpc) is 3.33. The molecule has 146 valence electrons. The number of likely N-dealkylation sites (tertiary alicyclic amines) is 1. The van der Waals surface area contributed by atoms with Gasteiger partial charge in [-0.3, -0.25) is 9.69 Å². The van der Waals surface area contributed by atoms with E-state index in [9.17, 15) is 4.79 Å². The molecule has 28 heavy (non-hydrogen) atoms. The summed E-state index contributed by atoms with van der Waals surface area (Å²) in [5.41, 5.74) is 3.20. The van der Waals surface area contributed by atoms with Crippen molar-refractivity contribution in [3.05, 3.63) is 52.7 Å². The van der Waals surface area contributed by atoms with Crippen LogP contribution in [0.15, 0.2) is 40.2 Å². The number of amides is 1. The first-order chi connectivity index (χ1) is 13.6. The molecule has 0 bridgehead atoms. The van der Waals surface area contributed by atoms with Gasteiger partial charge in [0.1, 0.15) is 0 Å². The van der Waals surface area contributed by atoms with Crippen LogP contribution in [0.3, 0.4) is 0 Å². The normalized spacial score (nSPS) is 15.6. The first kappa shape index (κ1) is 18.8. The minimum Gasteiger partial charge on any atom is -0.338 e. The van der Waals surface area contributed by atoms with Crippen molar-refractivity contribution in [2.75, 3.05) is 18.4 Å².